The number of halogens is 4. The van der Waals surface area contributed by atoms with Crippen LogP contribution in [-0.4, -0.2) is 84.9 Å². The van der Waals surface area contributed by atoms with Gasteiger partial charge < -0.3 is 19.9 Å². The normalized spacial score (nSPS) is 14.7. The van der Waals surface area contributed by atoms with Crippen molar-refractivity contribution < 1.29 is 32.3 Å². The largest absolute Gasteiger partial charge is 0.450 e. The molecule has 5 rings (SSSR count). The molecule has 17 heteroatoms. The summed E-state index contributed by atoms with van der Waals surface area (Å²) < 4.78 is 48.8. The Balaban J connectivity index is 1.34. The molecule has 5 heterocycles. The van der Waals surface area contributed by atoms with Crippen LogP contribution in [0.1, 0.15) is 41.8 Å². The van der Waals surface area contributed by atoms with Crippen molar-refractivity contribution in [1.29, 1.82) is 0 Å². The van der Waals surface area contributed by atoms with Gasteiger partial charge in [-0.3, -0.25) is 14.3 Å². The van der Waals surface area contributed by atoms with Crippen LogP contribution in [0.15, 0.2) is 29.8 Å². The van der Waals surface area contributed by atoms with E-state index in [2.05, 4.69) is 20.5 Å². The van der Waals surface area contributed by atoms with E-state index in [-0.39, 0.29) is 34.6 Å². The number of nitrogens with one attached hydrogen (secondary N) is 1. The second-order valence-electron chi connectivity index (χ2n) is 9.65. The standard InChI is InChI=1S/C26H26ClF3N8O4S/c1-4-42-25(41)36-9-7-35(8-10-36)24(40)15(3)37-13-17(14(2)33-37)32-23(39)21-20(27)22-31-16(18-6-5-11-43-18)12-19(26(28,29)30)38(22)34-21/h5-6,11-13,15H,4,7-10H2,1-3H3,(H,32,39). The third-order valence-electron chi connectivity index (χ3n) is 6.85. The highest BCUT2D eigenvalue weighted by atomic mass is 35.5. The molecule has 0 spiro atoms. The summed E-state index contributed by atoms with van der Waals surface area (Å²) in [7, 11) is 0. The zero-order valence-electron chi connectivity index (χ0n) is 23.2. The number of fused-ring (bicyclic) bond motifs is 1. The van der Waals surface area contributed by atoms with Crippen molar-refractivity contribution in [2.75, 3.05) is 38.1 Å². The molecule has 0 saturated carbocycles. The molecule has 43 heavy (non-hydrogen) atoms. The number of rotatable bonds is 6. The highest BCUT2D eigenvalue weighted by molar-refractivity contribution is 7.13. The monoisotopic (exact) mass is 638 g/mol. The maximum atomic E-state index is 14.0. The van der Waals surface area contributed by atoms with Gasteiger partial charge in [-0.05, 0) is 38.3 Å². The first-order valence-electron chi connectivity index (χ1n) is 13.2. The topological polar surface area (TPSA) is 127 Å². The van der Waals surface area contributed by atoms with Crippen LogP contribution in [0.25, 0.3) is 16.2 Å². The lowest BCUT2D eigenvalue weighted by Crippen LogP contribution is -2.52. The first kappa shape index (κ1) is 30.3. The van der Waals surface area contributed by atoms with E-state index >= 15 is 0 Å². The van der Waals surface area contributed by atoms with E-state index in [9.17, 15) is 27.6 Å². The molecule has 12 nitrogen and oxygen atoms in total. The molecular formula is C26H26ClF3N8O4S. The van der Waals surface area contributed by atoms with Crippen LogP contribution in [0.3, 0.4) is 0 Å². The Morgan fingerprint density at radius 3 is 2.49 bits per heavy atom. The van der Waals surface area contributed by atoms with Crippen molar-refractivity contribution in [2.45, 2.75) is 33.0 Å². The van der Waals surface area contributed by atoms with E-state index in [0.29, 0.717) is 41.3 Å². The molecule has 3 amide bonds. The molecular weight excluding hydrogens is 613 g/mol. The van der Waals surface area contributed by atoms with Crippen LogP contribution in [0.4, 0.5) is 23.7 Å². The number of carbonyl (C=O) groups excluding carboxylic acids is 3. The highest BCUT2D eigenvalue weighted by Gasteiger charge is 2.37. The second kappa shape index (κ2) is 11.8. The Hall–Kier alpha value is -4.18. The molecule has 1 atom stereocenters. The van der Waals surface area contributed by atoms with Gasteiger partial charge in [-0.15, -0.1) is 11.3 Å². The fourth-order valence-corrected chi connectivity index (χ4v) is 5.51. The van der Waals surface area contributed by atoms with E-state index in [1.165, 1.54) is 27.1 Å². The number of alkyl halides is 3. The van der Waals surface area contributed by atoms with Gasteiger partial charge in [-0.25, -0.2) is 14.3 Å². The van der Waals surface area contributed by atoms with E-state index < -0.39 is 35.6 Å². The third kappa shape index (κ3) is 6.01. The van der Waals surface area contributed by atoms with Crippen LogP contribution in [0, 0.1) is 6.92 Å². The Labute approximate surface area is 252 Å². The third-order valence-corrected chi connectivity index (χ3v) is 8.09. The summed E-state index contributed by atoms with van der Waals surface area (Å²) >= 11 is 7.58. The zero-order valence-corrected chi connectivity index (χ0v) is 24.8. The SMILES string of the molecule is CCOC(=O)N1CCN(C(=O)C(C)n2cc(NC(=O)c3nn4c(C(F)(F)F)cc(-c5cccs5)nc4c3Cl)c(C)n2)CC1. The summed E-state index contributed by atoms with van der Waals surface area (Å²) in [5.41, 5.74) is -1.30. The smallest absolute Gasteiger partial charge is 0.433 e. The summed E-state index contributed by atoms with van der Waals surface area (Å²) in [6.45, 7) is 6.53. The lowest BCUT2D eigenvalue weighted by Gasteiger charge is -2.35. The molecule has 1 saturated heterocycles. The highest BCUT2D eigenvalue weighted by Crippen LogP contribution is 2.35. The predicted octanol–water partition coefficient (Wildman–Crippen LogP) is 4.75. The molecule has 228 valence electrons. The molecule has 1 fully saturated rings. The van der Waals surface area contributed by atoms with E-state index in [0.717, 1.165) is 6.07 Å². The number of anilines is 1. The van der Waals surface area contributed by atoms with Crippen LogP contribution in [0.2, 0.25) is 5.02 Å². The number of ether oxygens (including phenoxy) is 1. The van der Waals surface area contributed by atoms with Gasteiger partial charge in [-0.2, -0.15) is 23.4 Å². The minimum absolute atomic E-state index is 0.0432. The fraction of sp³-hybridized carbons (Fsp3) is 0.385. The van der Waals surface area contributed by atoms with Crippen LogP contribution >= 0.6 is 22.9 Å². The summed E-state index contributed by atoms with van der Waals surface area (Å²) in [6, 6.07) is 3.41. The number of nitrogens with zero attached hydrogens (tertiary/aromatic N) is 7. The minimum Gasteiger partial charge on any atom is -0.450 e. The number of thiophene rings is 1. The molecule has 0 aliphatic carbocycles. The maximum absolute atomic E-state index is 14.0. The number of hydrogen-bond donors (Lipinski definition) is 1. The lowest BCUT2D eigenvalue weighted by atomic mass is 10.2. The Bertz CT molecular complexity index is 1680. The first-order chi connectivity index (χ1) is 20.4. The van der Waals surface area contributed by atoms with Gasteiger partial charge in [0.1, 0.15) is 11.1 Å². The van der Waals surface area contributed by atoms with Crippen molar-refractivity contribution >= 4 is 52.2 Å². The Morgan fingerprint density at radius 1 is 1.16 bits per heavy atom. The molecule has 4 aromatic rings. The van der Waals surface area contributed by atoms with Crippen molar-refractivity contribution in [3.05, 3.63) is 51.9 Å². The molecule has 1 aliphatic heterocycles. The van der Waals surface area contributed by atoms with Gasteiger partial charge in [0.05, 0.1) is 28.6 Å². The van der Waals surface area contributed by atoms with E-state index in [1.54, 1.807) is 43.2 Å². The summed E-state index contributed by atoms with van der Waals surface area (Å²) in [6.07, 6.45) is -3.78. The summed E-state index contributed by atoms with van der Waals surface area (Å²) in [5, 5.41) is 12.1. The number of aryl methyl sites for hydroxylation is 1. The van der Waals surface area contributed by atoms with Gasteiger partial charge in [0.25, 0.3) is 5.91 Å². The predicted molar refractivity (Wildman–Crippen MR) is 151 cm³/mol. The van der Waals surface area contributed by atoms with E-state index in [1.807, 2.05) is 0 Å². The molecule has 1 aliphatic rings. The summed E-state index contributed by atoms with van der Waals surface area (Å²) in [4.78, 5) is 46.2. The molecule has 0 radical (unpaired) electrons. The fourth-order valence-electron chi connectivity index (χ4n) is 4.57. The zero-order chi connectivity index (χ0) is 31.1. The second-order valence-corrected chi connectivity index (χ2v) is 11.0. The number of piperazine rings is 1. The van der Waals surface area contributed by atoms with Crippen LogP contribution in [0.5, 0.6) is 0 Å². The molecule has 0 bridgehead atoms. The van der Waals surface area contributed by atoms with Gasteiger partial charge in [-0.1, -0.05) is 17.7 Å². The van der Waals surface area contributed by atoms with Crippen molar-refractivity contribution in [3.63, 3.8) is 0 Å². The lowest BCUT2D eigenvalue weighted by molar-refractivity contribution is -0.142. The summed E-state index contributed by atoms with van der Waals surface area (Å²) in [5.74, 6) is -1.11. The average molecular weight is 639 g/mol. The minimum atomic E-state index is -4.80. The molecule has 1 N–H and O–H groups in total. The molecule has 1 unspecified atom stereocenters. The molecule has 0 aromatic carbocycles. The van der Waals surface area contributed by atoms with Gasteiger partial charge in [0, 0.05) is 32.4 Å². The van der Waals surface area contributed by atoms with Crippen molar-refractivity contribution in [2.24, 2.45) is 0 Å². The first-order valence-corrected chi connectivity index (χ1v) is 14.4. The maximum Gasteiger partial charge on any atom is 0.433 e. The van der Waals surface area contributed by atoms with Gasteiger partial charge in [0.15, 0.2) is 17.0 Å². The van der Waals surface area contributed by atoms with Crippen LogP contribution in [-0.2, 0) is 15.7 Å². The van der Waals surface area contributed by atoms with Gasteiger partial charge >= 0.3 is 12.3 Å². The number of aromatic nitrogens is 5. The number of carbonyl (C=O) groups is 3. The number of amides is 3. The van der Waals surface area contributed by atoms with Crippen molar-refractivity contribution in [3.8, 4) is 10.6 Å². The van der Waals surface area contributed by atoms with Crippen molar-refractivity contribution in [1.82, 2.24) is 34.2 Å². The Morgan fingerprint density at radius 2 is 1.86 bits per heavy atom. The Kier molecular flexibility index (Phi) is 8.34. The average Bonchev–Trinajstić information content (AvgIpc) is 3.71. The number of hydrogen-bond acceptors (Lipinski definition) is 8. The molecule has 4 aromatic heterocycles. The van der Waals surface area contributed by atoms with Crippen LogP contribution < -0.4 is 5.32 Å². The van der Waals surface area contributed by atoms with Gasteiger partial charge in [0.2, 0.25) is 5.91 Å². The van der Waals surface area contributed by atoms with E-state index in [4.69, 9.17) is 16.3 Å². The quantitative estimate of drug-likeness (QED) is 0.323.